The molecule has 2 atom stereocenters. The third-order valence-corrected chi connectivity index (χ3v) is 4.35. The summed E-state index contributed by atoms with van der Waals surface area (Å²) in [5, 5.41) is 0. The fourth-order valence-corrected chi connectivity index (χ4v) is 3.37. The minimum atomic E-state index is -0.322. The lowest BCUT2D eigenvalue weighted by Crippen LogP contribution is -2.58. The summed E-state index contributed by atoms with van der Waals surface area (Å²) in [6, 6.07) is 16.5. The van der Waals surface area contributed by atoms with E-state index < -0.39 is 0 Å². The standard InChI is InChI=1S/C19H21FN2O/c1-14-12-21(19(23)16-8-10-17(20)11-9-16)13-15(2)22(14)18-6-4-3-5-7-18/h3-11,14-15H,12-13H2,1-2H3. The van der Waals surface area contributed by atoms with Crippen LogP contribution in [0, 0.1) is 5.82 Å². The summed E-state index contributed by atoms with van der Waals surface area (Å²) >= 11 is 0. The van der Waals surface area contributed by atoms with E-state index in [1.54, 1.807) is 12.1 Å². The summed E-state index contributed by atoms with van der Waals surface area (Å²) in [5.41, 5.74) is 1.72. The van der Waals surface area contributed by atoms with Crippen LogP contribution in [0.5, 0.6) is 0 Å². The zero-order chi connectivity index (χ0) is 16.4. The number of para-hydroxylation sites is 1. The summed E-state index contributed by atoms with van der Waals surface area (Å²) in [5.74, 6) is -0.353. The van der Waals surface area contributed by atoms with Gasteiger partial charge >= 0.3 is 0 Å². The Morgan fingerprint density at radius 2 is 1.52 bits per heavy atom. The summed E-state index contributed by atoms with van der Waals surface area (Å²) in [6.07, 6.45) is 0. The summed E-state index contributed by atoms with van der Waals surface area (Å²) in [4.78, 5) is 16.8. The summed E-state index contributed by atoms with van der Waals surface area (Å²) < 4.78 is 13.0. The zero-order valence-electron chi connectivity index (χ0n) is 13.4. The van der Waals surface area contributed by atoms with Gasteiger partial charge in [-0.3, -0.25) is 4.79 Å². The van der Waals surface area contributed by atoms with Gasteiger partial charge in [-0.1, -0.05) is 18.2 Å². The van der Waals surface area contributed by atoms with Gasteiger partial charge in [0.05, 0.1) is 0 Å². The maximum Gasteiger partial charge on any atom is 0.253 e. The number of amides is 1. The number of hydrogen-bond donors (Lipinski definition) is 0. The second-order valence-corrected chi connectivity index (χ2v) is 6.16. The van der Waals surface area contributed by atoms with E-state index in [0.717, 1.165) is 0 Å². The Morgan fingerprint density at radius 1 is 0.957 bits per heavy atom. The van der Waals surface area contributed by atoms with Gasteiger partial charge in [-0.15, -0.1) is 0 Å². The van der Waals surface area contributed by atoms with Crippen molar-refractivity contribution in [3.05, 3.63) is 66.0 Å². The highest BCUT2D eigenvalue weighted by Gasteiger charge is 2.32. The number of benzene rings is 2. The third-order valence-electron chi connectivity index (χ3n) is 4.35. The predicted molar refractivity (Wildman–Crippen MR) is 90.1 cm³/mol. The van der Waals surface area contributed by atoms with Gasteiger partial charge in [-0.05, 0) is 50.2 Å². The van der Waals surface area contributed by atoms with Crippen LogP contribution >= 0.6 is 0 Å². The van der Waals surface area contributed by atoms with Gasteiger partial charge in [0.2, 0.25) is 0 Å². The molecule has 1 aliphatic heterocycles. The van der Waals surface area contributed by atoms with Crippen LogP contribution in [-0.4, -0.2) is 36.0 Å². The molecule has 2 aromatic rings. The normalized spacial score (nSPS) is 21.3. The molecule has 0 spiro atoms. The van der Waals surface area contributed by atoms with Crippen LogP contribution in [0.25, 0.3) is 0 Å². The van der Waals surface area contributed by atoms with E-state index in [1.807, 2.05) is 23.1 Å². The highest BCUT2D eigenvalue weighted by Crippen LogP contribution is 2.25. The van der Waals surface area contributed by atoms with Crippen LogP contribution in [0.4, 0.5) is 10.1 Å². The number of halogens is 1. The molecule has 1 fully saturated rings. The minimum absolute atomic E-state index is 0.0311. The molecule has 0 aliphatic carbocycles. The van der Waals surface area contributed by atoms with E-state index in [9.17, 15) is 9.18 Å². The summed E-state index contributed by atoms with van der Waals surface area (Å²) in [6.45, 7) is 5.59. The van der Waals surface area contributed by atoms with Crippen molar-refractivity contribution in [2.24, 2.45) is 0 Å². The van der Waals surface area contributed by atoms with Crippen molar-refractivity contribution in [1.82, 2.24) is 4.90 Å². The van der Waals surface area contributed by atoms with Crippen molar-refractivity contribution in [2.45, 2.75) is 25.9 Å². The van der Waals surface area contributed by atoms with E-state index in [4.69, 9.17) is 0 Å². The van der Waals surface area contributed by atoms with E-state index >= 15 is 0 Å². The molecule has 3 rings (SSSR count). The van der Waals surface area contributed by atoms with Gasteiger partial charge in [0, 0.05) is 36.4 Å². The van der Waals surface area contributed by atoms with E-state index in [-0.39, 0.29) is 23.8 Å². The number of piperazine rings is 1. The molecule has 1 amide bonds. The molecule has 1 aliphatic rings. The smallest absolute Gasteiger partial charge is 0.253 e. The first-order chi connectivity index (χ1) is 11.1. The van der Waals surface area contributed by atoms with Gasteiger partial charge in [0.25, 0.3) is 5.91 Å². The summed E-state index contributed by atoms with van der Waals surface area (Å²) in [7, 11) is 0. The van der Waals surface area contributed by atoms with Crippen molar-refractivity contribution >= 4 is 11.6 Å². The van der Waals surface area contributed by atoms with Crippen molar-refractivity contribution in [2.75, 3.05) is 18.0 Å². The number of anilines is 1. The molecule has 120 valence electrons. The first-order valence-electron chi connectivity index (χ1n) is 7.94. The molecule has 3 nitrogen and oxygen atoms in total. The largest absolute Gasteiger partial charge is 0.363 e. The Labute approximate surface area is 136 Å². The van der Waals surface area contributed by atoms with Crippen molar-refractivity contribution in [1.29, 1.82) is 0 Å². The molecule has 23 heavy (non-hydrogen) atoms. The van der Waals surface area contributed by atoms with Crippen LogP contribution in [0.2, 0.25) is 0 Å². The molecule has 0 radical (unpaired) electrons. The van der Waals surface area contributed by atoms with Crippen molar-refractivity contribution in [3.63, 3.8) is 0 Å². The monoisotopic (exact) mass is 312 g/mol. The predicted octanol–water partition coefficient (Wildman–Crippen LogP) is 3.57. The van der Waals surface area contributed by atoms with Crippen LogP contribution in [0.1, 0.15) is 24.2 Å². The number of carbonyl (C=O) groups is 1. The number of nitrogens with zero attached hydrogens (tertiary/aromatic N) is 2. The van der Waals surface area contributed by atoms with Crippen LogP contribution in [-0.2, 0) is 0 Å². The number of rotatable bonds is 2. The number of hydrogen-bond acceptors (Lipinski definition) is 2. The molecule has 2 aromatic carbocycles. The lowest BCUT2D eigenvalue weighted by molar-refractivity contribution is 0.0701. The molecule has 0 bridgehead atoms. The Bertz CT molecular complexity index is 660. The fraction of sp³-hybridized carbons (Fsp3) is 0.316. The Hall–Kier alpha value is -2.36. The maximum atomic E-state index is 13.0. The quantitative estimate of drug-likeness (QED) is 0.846. The average Bonchev–Trinajstić information content (AvgIpc) is 2.55. The maximum absolute atomic E-state index is 13.0. The molecular weight excluding hydrogens is 291 g/mol. The minimum Gasteiger partial charge on any atom is -0.363 e. The van der Waals surface area contributed by atoms with Crippen molar-refractivity contribution in [3.8, 4) is 0 Å². The molecule has 0 N–H and O–H groups in total. The van der Waals surface area contributed by atoms with Crippen LogP contribution < -0.4 is 4.90 Å². The van der Waals surface area contributed by atoms with Gasteiger partial charge in [0.1, 0.15) is 5.82 Å². The zero-order valence-corrected chi connectivity index (χ0v) is 13.4. The molecule has 2 unspecified atom stereocenters. The van der Waals surface area contributed by atoms with Gasteiger partial charge in [0.15, 0.2) is 0 Å². The molecule has 4 heteroatoms. The Morgan fingerprint density at radius 3 is 2.09 bits per heavy atom. The molecule has 0 saturated carbocycles. The topological polar surface area (TPSA) is 23.6 Å². The van der Waals surface area contributed by atoms with Gasteiger partial charge in [-0.25, -0.2) is 4.39 Å². The van der Waals surface area contributed by atoms with Crippen LogP contribution in [0.15, 0.2) is 54.6 Å². The lowest BCUT2D eigenvalue weighted by atomic mass is 10.0. The van der Waals surface area contributed by atoms with Crippen molar-refractivity contribution < 1.29 is 9.18 Å². The fourth-order valence-electron chi connectivity index (χ4n) is 3.37. The lowest BCUT2D eigenvalue weighted by Gasteiger charge is -2.46. The highest BCUT2D eigenvalue weighted by atomic mass is 19.1. The first-order valence-corrected chi connectivity index (χ1v) is 7.94. The molecule has 1 saturated heterocycles. The Kier molecular flexibility index (Phi) is 4.33. The molecule has 0 aromatic heterocycles. The SMILES string of the molecule is CC1CN(C(=O)c2ccc(F)cc2)CC(C)N1c1ccccc1. The third kappa shape index (κ3) is 3.21. The van der Waals surface area contributed by atoms with Gasteiger partial charge < -0.3 is 9.80 Å². The second kappa shape index (κ2) is 6.41. The number of carbonyl (C=O) groups excluding carboxylic acids is 1. The van der Waals surface area contributed by atoms with Gasteiger partial charge in [-0.2, -0.15) is 0 Å². The second-order valence-electron chi connectivity index (χ2n) is 6.16. The Balaban J connectivity index is 1.76. The molecular formula is C19H21FN2O. The van der Waals surface area contributed by atoms with E-state index in [0.29, 0.717) is 18.7 Å². The van der Waals surface area contributed by atoms with E-state index in [2.05, 4.69) is 30.9 Å². The molecule has 1 heterocycles. The average molecular weight is 312 g/mol. The highest BCUT2D eigenvalue weighted by molar-refractivity contribution is 5.94. The van der Waals surface area contributed by atoms with Crippen LogP contribution in [0.3, 0.4) is 0 Å². The first kappa shape index (κ1) is 15.5. The van der Waals surface area contributed by atoms with E-state index in [1.165, 1.54) is 17.8 Å².